The third-order valence-electron chi connectivity index (χ3n) is 5.65. The summed E-state index contributed by atoms with van der Waals surface area (Å²) in [4.78, 5) is 21.3. The molecule has 0 radical (unpaired) electrons. The molecule has 156 valence electrons. The van der Waals surface area contributed by atoms with Gasteiger partial charge in [0.1, 0.15) is 5.69 Å². The van der Waals surface area contributed by atoms with Crippen molar-refractivity contribution in [2.24, 2.45) is 5.73 Å². The van der Waals surface area contributed by atoms with E-state index in [1.165, 1.54) is 6.20 Å². The molecule has 0 aliphatic carbocycles. The molecule has 7 nitrogen and oxygen atoms in total. The predicted octanol–water partition coefficient (Wildman–Crippen LogP) is 3.33. The van der Waals surface area contributed by atoms with Crippen LogP contribution in [0, 0.1) is 0 Å². The van der Waals surface area contributed by atoms with Gasteiger partial charge >= 0.3 is 0 Å². The molecule has 3 heterocycles. The Morgan fingerprint density at radius 1 is 1.10 bits per heavy atom. The highest BCUT2D eigenvalue weighted by molar-refractivity contribution is 5.92. The van der Waals surface area contributed by atoms with Gasteiger partial charge in [0.15, 0.2) is 11.5 Å². The van der Waals surface area contributed by atoms with Crippen molar-refractivity contribution in [1.29, 1.82) is 0 Å². The van der Waals surface area contributed by atoms with Gasteiger partial charge in [0.2, 0.25) is 0 Å². The molecule has 1 atom stereocenters. The number of aromatic nitrogens is 3. The van der Waals surface area contributed by atoms with E-state index < -0.39 is 5.91 Å². The molecule has 1 saturated heterocycles. The van der Waals surface area contributed by atoms with E-state index in [0.29, 0.717) is 17.2 Å². The van der Waals surface area contributed by atoms with Crippen LogP contribution in [0.15, 0.2) is 67.0 Å². The van der Waals surface area contributed by atoms with E-state index in [2.05, 4.69) is 39.9 Å². The summed E-state index contributed by atoms with van der Waals surface area (Å²) in [7, 11) is 0. The Kier molecular flexibility index (Phi) is 5.09. The summed E-state index contributed by atoms with van der Waals surface area (Å²) in [6.07, 6.45) is 5.54. The minimum Gasteiger partial charge on any atom is -0.364 e. The van der Waals surface area contributed by atoms with Crippen LogP contribution in [0.5, 0.6) is 0 Å². The number of anilines is 1. The summed E-state index contributed by atoms with van der Waals surface area (Å²) in [5, 5.41) is 6.88. The zero-order valence-electron chi connectivity index (χ0n) is 17.1. The predicted molar refractivity (Wildman–Crippen MR) is 122 cm³/mol. The van der Waals surface area contributed by atoms with E-state index >= 15 is 0 Å². The molecule has 4 N–H and O–H groups in total. The first-order valence-electron chi connectivity index (χ1n) is 10.5. The lowest BCUT2D eigenvalue weighted by atomic mass is 10.0. The van der Waals surface area contributed by atoms with Crippen LogP contribution >= 0.6 is 0 Å². The summed E-state index contributed by atoms with van der Waals surface area (Å²) in [6.45, 7) is 1.91. The summed E-state index contributed by atoms with van der Waals surface area (Å²) >= 11 is 0. The highest BCUT2D eigenvalue weighted by Crippen LogP contribution is 2.28. The van der Waals surface area contributed by atoms with Crippen molar-refractivity contribution in [2.75, 3.05) is 18.4 Å². The van der Waals surface area contributed by atoms with Crippen molar-refractivity contribution >= 4 is 17.4 Å². The molecule has 1 fully saturated rings. The number of carbonyl (C=O) groups excluding carboxylic acids is 1. The second kappa shape index (κ2) is 8.20. The quantitative estimate of drug-likeness (QED) is 0.467. The molecule has 0 unspecified atom stereocenters. The monoisotopic (exact) mass is 412 g/mol. The smallest absolute Gasteiger partial charge is 0.267 e. The number of nitrogens with two attached hydrogens (primary N) is 1. The molecule has 4 aromatic rings. The van der Waals surface area contributed by atoms with E-state index in [0.717, 1.165) is 48.3 Å². The van der Waals surface area contributed by atoms with Crippen LogP contribution in [-0.4, -0.2) is 39.4 Å². The van der Waals surface area contributed by atoms with Crippen LogP contribution in [0.2, 0.25) is 0 Å². The van der Waals surface area contributed by atoms with E-state index in [1.54, 1.807) is 4.40 Å². The summed E-state index contributed by atoms with van der Waals surface area (Å²) in [6, 6.07) is 18.7. The van der Waals surface area contributed by atoms with Gasteiger partial charge in [-0.2, -0.15) is 0 Å². The van der Waals surface area contributed by atoms with Crippen LogP contribution in [0.3, 0.4) is 0 Å². The van der Waals surface area contributed by atoms with Gasteiger partial charge < -0.3 is 16.4 Å². The van der Waals surface area contributed by atoms with Crippen molar-refractivity contribution in [2.45, 2.75) is 18.9 Å². The summed E-state index contributed by atoms with van der Waals surface area (Å²) < 4.78 is 1.73. The van der Waals surface area contributed by atoms with Gasteiger partial charge in [-0.05, 0) is 36.6 Å². The molecule has 1 amide bonds. The third-order valence-corrected chi connectivity index (χ3v) is 5.65. The Bertz CT molecular complexity index is 1230. The maximum atomic E-state index is 12.0. The van der Waals surface area contributed by atoms with Crippen molar-refractivity contribution in [1.82, 2.24) is 19.7 Å². The lowest BCUT2D eigenvalue weighted by Crippen LogP contribution is -2.38. The topological polar surface area (TPSA) is 97.3 Å². The molecule has 2 aromatic carbocycles. The van der Waals surface area contributed by atoms with Crippen LogP contribution < -0.4 is 16.4 Å². The first-order chi connectivity index (χ1) is 15.2. The zero-order chi connectivity index (χ0) is 21.2. The second-order valence-electron chi connectivity index (χ2n) is 7.81. The van der Waals surface area contributed by atoms with Crippen molar-refractivity contribution < 1.29 is 4.79 Å². The van der Waals surface area contributed by atoms with Crippen LogP contribution in [0.25, 0.3) is 28.0 Å². The van der Waals surface area contributed by atoms with Gasteiger partial charge in [-0.25, -0.2) is 9.97 Å². The summed E-state index contributed by atoms with van der Waals surface area (Å²) in [5.74, 6) is 0.120. The van der Waals surface area contributed by atoms with Gasteiger partial charge in [0.05, 0.1) is 11.9 Å². The number of piperidine rings is 1. The average Bonchev–Trinajstić information content (AvgIpc) is 3.26. The second-order valence-corrected chi connectivity index (χ2v) is 7.81. The van der Waals surface area contributed by atoms with E-state index in [9.17, 15) is 4.79 Å². The number of hydrogen-bond donors (Lipinski definition) is 3. The molecular weight excluding hydrogens is 388 g/mol. The maximum Gasteiger partial charge on any atom is 0.267 e. The van der Waals surface area contributed by atoms with Gasteiger partial charge in [-0.15, -0.1) is 0 Å². The van der Waals surface area contributed by atoms with E-state index in [4.69, 9.17) is 10.7 Å². The average molecular weight is 412 g/mol. The Morgan fingerprint density at radius 2 is 1.90 bits per heavy atom. The summed E-state index contributed by atoms with van der Waals surface area (Å²) in [5.41, 5.74) is 10.5. The molecule has 7 heteroatoms. The molecule has 0 spiro atoms. The first kappa shape index (κ1) is 19.3. The van der Waals surface area contributed by atoms with Crippen molar-refractivity contribution in [3.8, 4) is 22.4 Å². The fourth-order valence-corrected chi connectivity index (χ4v) is 4.06. The standard InChI is InChI=1S/C24H24N6O/c25-22(31)21-14-27-23(28-19-10-5-11-26-13-19)24-29-20(15-30(21)24)18-9-4-8-17(12-18)16-6-2-1-3-7-16/h1-4,6-9,12,14-15,19,26H,5,10-11,13H2,(H2,25,31)(H,27,28)/t19-/m0/s1. The molecule has 1 aliphatic rings. The van der Waals surface area contributed by atoms with Crippen molar-refractivity contribution in [3.63, 3.8) is 0 Å². The SMILES string of the molecule is NC(=O)c1cnc(N[C@H]2CCCNC2)c2nc(-c3cccc(-c4ccccc4)c3)cn12. The number of hydrogen-bond acceptors (Lipinski definition) is 5. The number of nitrogens with one attached hydrogen (secondary N) is 2. The minimum absolute atomic E-state index is 0.269. The molecule has 5 rings (SSSR count). The lowest BCUT2D eigenvalue weighted by molar-refractivity contribution is 0.0994. The Balaban J connectivity index is 1.58. The maximum absolute atomic E-state index is 12.0. The van der Waals surface area contributed by atoms with Gasteiger partial charge in [0.25, 0.3) is 5.91 Å². The van der Waals surface area contributed by atoms with Gasteiger partial charge in [-0.3, -0.25) is 9.20 Å². The Morgan fingerprint density at radius 3 is 2.68 bits per heavy atom. The first-order valence-corrected chi connectivity index (χ1v) is 10.5. The molecule has 2 aromatic heterocycles. The number of carbonyl (C=O) groups is 1. The number of primary amides is 1. The van der Waals surface area contributed by atoms with Gasteiger partial charge in [-0.1, -0.05) is 48.5 Å². The van der Waals surface area contributed by atoms with Gasteiger partial charge in [0, 0.05) is 24.3 Å². The third kappa shape index (κ3) is 3.87. The van der Waals surface area contributed by atoms with E-state index in [-0.39, 0.29) is 6.04 Å². The van der Waals surface area contributed by atoms with Crippen LogP contribution in [0.4, 0.5) is 5.82 Å². The molecule has 0 saturated carbocycles. The van der Waals surface area contributed by atoms with Crippen molar-refractivity contribution in [3.05, 3.63) is 72.7 Å². The Labute approximate surface area is 180 Å². The van der Waals surface area contributed by atoms with Crippen LogP contribution in [0.1, 0.15) is 23.3 Å². The fraction of sp³-hybridized carbons (Fsp3) is 0.208. The molecule has 1 aliphatic heterocycles. The lowest BCUT2D eigenvalue weighted by Gasteiger charge is -2.24. The number of amides is 1. The molecule has 31 heavy (non-hydrogen) atoms. The van der Waals surface area contributed by atoms with Crippen LogP contribution in [-0.2, 0) is 0 Å². The largest absolute Gasteiger partial charge is 0.364 e. The molecular formula is C24H24N6O. The highest BCUT2D eigenvalue weighted by Gasteiger charge is 2.19. The number of rotatable bonds is 5. The minimum atomic E-state index is -0.537. The number of imidazole rings is 1. The Hall–Kier alpha value is -3.71. The number of nitrogens with zero attached hydrogens (tertiary/aromatic N) is 3. The zero-order valence-corrected chi connectivity index (χ0v) is 17.1. The van der Waals surface area contributed by atoms with E-state index in [1.807, 2.05) is 36.5 Å². The normalized spacial score (nSPS) is 16.3. The fourth-order valence-electron chi connectivity index (χ4n) is 4.06. The highest BCUT2D eigenvalue weighted by atomic mass is 16.1. The number of benzene rings is 2. The molecule has 0 bridgehead atoms. The number of fused-ring (bicyclic) bond motifs is 1.